The van der Waals surface area contributed by atoms with E-state index in [1.54, 1.807) is 24.3 Å². The Labute approximate surface area is 128 Å². The first-order valence-corrected chi connectivity index (χ1v) is 8.74. The minimum absolute atomic E-state index is 0.111. The Kier molecular flexibility index (Phi) is 6.90. The fourth-order valence-corrected chi connectivity index (χ4v) is 3.83. The number of benzene rings is 1. The highest BCUT2D eigenvalue weighted by molar-refractivity contribution is 7.89. The van der Waals surface area contributed by atoms with Gasteiger partial charge < -0.3 is 5.73 Å². The molecule has 5 heteroatoms. The first-order valence-electron chi connectivity index (χ1n) is 7.26. The zero-order valence-electron chi connectivity index (χ0n) is 12.9. The summed E-state index contributed by atoms with van der Waals surface area (Å²) in [6, 6.07) is 6.62. The maximum Gasteiger partial charge on any atom is 0.242 e. The van der Waals surface area contributed by atoms with Crippen LogP contribution in [0, 0.1) is 17.8 Å². The van der Waals surface area contributed by atoms with Gasteiger partial charge in [0.05, 0.1) is 11.4 Å². The molecule has 116 valence electrons. The summed E-state index contributed by atoms with van der Waals surface area (Å²) in [5.41, 5.74) is 5.83. The average molecular weight is 308 g/mol. The maximum atomic E-state index is 12.6. The summed E-state index contributed by atoms with van der Waals surface area (Å²) in [5.74, 6) is 5.84. The standard InChI is InChI=1S/C16H24N2O2S/c1-4-14(5-2)13(3)18-21(19,20)16-11-7-6-9-15(16)10-8-12-17/h6-7,9,11,13-14,18H,4-5,12,17H2,1-3H3. The van der Waals surface area contributed by atoms with Crippen LogP contribution in [-0.4, -0.2) is 21.0 Å². The van der Waals surface area contributed by atoms with E-state index in [-0.39, 0.29) is 17.5 Å². The fourth-order valence-electron chi connectivity index (χ4n) is 2.35. The van der Waals surface area contributed by atoms with Crippen LogP contribution in [0.4, 0.5) is 0 Å². The van der Waals surface area contributed by atoms with Crippen molar-refractivity contribution in [1.82, 2.24) is 4.72 Å². The third-order valence-corrected chi connectivity index (χ3v) is 5.22. The summed E-state index contributed by atoms with van der Waals surface area (Å²) >= 11 is 0. The van der Waals surface area contributed by atoms with Crippen molar-refractivity contribution in [2.24, 2.45) is 11.7 Å². The number of hydrogen-bond donors (Lipinski definition) is 2. The highest BCUT2D eigenvalue weighted by atomic mass is 32.2. The predicted molar refractivity (Wildman–Crippen MR) is 86.2 cm³/mol. The SMILES string of the molecule is CCC(CC)C(C)NS(=O)(=O)c1ccccc1C#CCN. The van der Waals surface area contributed by atoms with E-state index in [1.165, 1.54) is 0 Å². The topological polar surface area (TPSA) is 72.2 Å². The Bertz CT molecular complexity index is 611. The molecule has 4 nitrogen and oxygen atoms in total. The lowest BCUT2D eigenvalue weighted by Gasteiger charge is -2.22. The summed E-state index contributed by atoms with van der Waals surface area (Å²) in [7, 11) is -3.58. The van der Waals surface area contributed by atoms with Crippen molar-refractivity contribution in [3.05, 3.63) is 29.8 Å². The highest BCUT2D eigenvalue weighted by Crippen LogP contribution is 2.18. The lowest BCUT2D eigenvalue weighted by Crippen LogP contribution is -2.38. The number of nitrogens with one attached hydrogen (secondary N) is 1. The lowest BCUT2D eigenvalue weighted by atomic mass is 9.96. The molecule has 0 saturated carbocycles. The van der Waals surface area contributed by atoms with Crippen LogP contribution in [0.5, 0.6) is 0 Å². The molecular formula is C16H24N2O2S. The average Bonchev–Trinajstić information content (AvgIpc) is 2.46. The molecule has 0 aliphatic rings. The first-order chi connectivity index (χ1) is 9.96. The smallest absolute Gasteiger partial charge is 0.242 e. The molecule has 1 unspecified atom stereocenters. The molecule has 1 aromatic carbocycles. The van der Waals surface area contributed by atoms with Gasteiger partial charge in [-0.05, 0) is 25.0 Å². The summed E-state index contributed by atoms with van der Waals surface area (Å²) in [6.45, 7) is 6.24. The van der Waals surface area contributed by atoms with Gasteiger partial charge in [-0.25, -0.2) is 13.1 Å². The van der Waals surface area contributed by atoms with Crippen LogP contribution in [0.25, 0.3) is 0 Å². The third kappa shape index (κ3) is 4.85. The second kappa shape index (κ2) is 8.18. The van der Waals surface area contributed by atoms with Crippen molar-refractivity contribution in [1.29, 1.82) is 0 Å². The quantitative estimate of drug-likeness (QED) is 0.791. The van der Waals surface area contributed by atoms with Gasteiger partial charge in [0.15, 0.2) is 0 Å². The highest BCUT2D eigenvalue weighted by Gasteiger charge is 2.23. The minimum Gasteiger partial charge on any atom is -0.320 e. The van der Waals surface area contributed by atoms with Crippen molar-refractivity contribution in [3.63, 3.8) is 0 Å². The van der Waals surface area contributed by atoms with E-state index in [0.29, 0.717) is 11.5 Å². The van der Waals surface area contributed by atoms with Crippen LogP contribution in [-0.2, 0) is 10.0 Å². The second-order valence-electron chi connectivity index (χ2n) is 4.99. The predicted octanol–water partition coefficient (Wildman–Crippen LogP) is 2.10. The van der Waals surface area contributed by atoms with E-state index in [1.807, 2.05) is 6.92 Å². The van der Waals surface area contributed by atoms with Gasteiger partial charge in [0.1, 0.15) is 0 Å². The molecule has 0 aliphatic carbocycles. The normalized spacial score (nSPS) is 12.8. The van der Waals surface area contributed by atoms with E-state index >= 15 is 0 Å². The Morgan fingerprint density at radius 2 is 1.86 bits per heavy atom. The molecule has 0 fully saturated rings. The van der Waals surface area contributed by atoms with E-state index in [0.717, 1.165) is 12.8 Å². The number of rotatable bonds is 6. The Morgan fingerprint density at radius 1 is 1.24 bits per heavy atom. The Balaban J connectivity index is 3.09. The van der Waals surface area contributed by atoms with Crippen LogP contribution < -0.4 is 10.5 Å². The van der Waals surface area contributed by atoms with Gasteiger partial charge in [0, 0.05) is 11.6 Å². The molecule has 0 radical (unpaired) electrons. The Hall–Kier alpha value is -1.35. The van der Waals surface area contributed by atoms with Crippen LogP contribution in [0.3, 0.4) is 0 Å². The van der Waals surface area contributed by atoms with Gasteiger partial charge in [-0.1, -0.05) is 50.7 Å². The van der Waals surface area contributed by atoms with Crippen molar-refractivity contribution in [2.75, 3.05) is 6.54 Å². The fraction of sp³-hybridized carbons (Fsp3) is 0.500. The van der Waals surface area contributed by atoms with E-state index in [9.17, 15) is 8.42 Å². The number of sulfonamides is 1. The van der Waals surface area contributed by atoms with Crippen LogP contribution >= 0.6 is 0 Å². The number of hydrogen-bond acceptors (Lipinski definition) is 3. The van der Waals surface area contributed by atoms with Gasteiger partial charge in [-0.15, -0.1) is 0 Å². The van der Waals surface area contributed by atoms with Gasteiger partial charge >= 0.3 is 0 Å². The number of nitrogens with two attached hydrogens (primary N) is 1. The van der Waals surface area contributed by atoms with Crippen LogP contribution in [0.2, 0.25) is 0 Å². The molecule has 3 N–H and O–H groups in total. The zero-order chi connectivity index (χ0) is 15.9. The minimum atomic E-state index is -3.58. The van der Waals surface area contributed by atoms with Crippen LogP contribution in [0.15, 0.2) is 29.2 Å². The summed E-state index contributed by atoms with van der Waals surface area (Å²) in [5, 5.41) is 0. The largest absolute Gasteiger partial charge is 0.320 e. The molecule has 0 heterocycles. The van der Waals surface area contributed by atoms with Gasteiger partial charge in [0.25, 0.3) is 0 Å². The molecule has 21 heavy (non-hydrogen) atoms. The van der Waals surface area contributed by atoms with Gasteiger partial charge in [-0.3, -0.25) is 0 Å². The van der Waals surface area contributed by atoms with Crippen molar-refractivity contribution in [2.45, 2.75) is 44.6 Å². The summed E-state index contributed by atoms with van der Waals surface area (Å²) in [4.78, 5) is 0.212. The molecule has 0 bridgehead atoms. The second-order valence-corrected chi connectivity index (χ2v) is 6.67. The molecule has 0 saturated heterocycles. The van der Waals surface area contributed by atoms with Crippen molar-refractivity contribution >= 4 is 10.0 Å². The van der Waals surface area contributed by atoms with E-state index in [4.69, 9.17) is 5.73 Å². The molecule has 1 atom stereocenters. The summed E-state index contributed by atoms with van der Waals surface area (Å²) in [6.07, 6.45) is 1.88. The molecule has 1 aromatic rings. The molecule has 0 aliphatic heterocycles. The van der Waals surface area contributed by atoms with Crippen LogP contribution in [0.1, 0.15) is 39.2 Å². The first kappa shape index (κ1) is 17.7. The van der Waals surface area contributed by atoms with E-state index < -0.39 is 10.0 Å². The van der Waals surface area contributed by atoms with Gasteiger partial charge in [-0.2, -0.15) is 0 Å². The maximum absolute atomic E-state index is 12.6. The van der Waals surface area contributed by atoms with Crippen molar-refractivity contribution < 1.29 is 8.42 Å². The molecule has 1 rings (SSSR count). The van der Waals surface area contributed by atoms with Crippen molar-refractivity contribution in [3.8, 4) is 11.8 Å². The monoisotopic (exact) mass is 308 g/mol. The third-order valence-electron chi connectivity index (χ3n) is 3.60. The molecule has 0 amide bonds. The lowest BCUT2D eigenvalue weighted by molar-refractivity contribution is 0.390. The molecule has 0 aromatic heterocycles. The van der Waals surface area contributed by atoms with Gasteiger partial charge in [0.2, 0.25) is 10.0 Å². The Morgan fingerprint density at radius 3 is 2.43 bits per heavy atom. The van der Waals surface area contributed by atoms with E-state index in [2.05, 4.69) is 30.4 Å². The summed E-state index contributed by atoms with van der Waals surface area (Å²) < 4.78 is 27.9. The molecular weight excluding hydrogens is 284 g/mol. The zero-order valence-corrected chi connectivity index (χ0v) is 13.7. The molecule has 0 spiro atoms.